The Hall–Kier alpha value is -8.60. The van der Waals surface area contributed by atoms with Gasteiger partial charge >= 0.3 is 0 Å². The molecule has 636 valence electrons. The van der Waals surface area contributed by atoms with Crippen LogP contribution in [0.15, 0.2) is 194 Å². The minimum atomic E-state index is -0.113. The number of benzene rings is 9. The maximum Gasteiger partial charge on any atom is 0.146 e. The maximum absolute atomic E-state index is 6.75. The Morgan fingerprint density at radius 3 is 0.858 bits per heavy atom. The molecule has 0 N–H and O–H groups in total. The molecule has 0 atom stereocenters. The number of nitrogens with zero attached hydrogens (tertiary/aromatic N) is 1. The zero-order valence-corrected chi connectivity index (χ0v) is 76.0. The molecule has 120 heavy (non-hydrogen) atoms. The van der Waals surface area contributed by atoms with Crippen LogP contribution in [0.2, 0.25) is 0 Å². The molecular formula is C116H149NO3. The summed E-state index contributed by atoms with van der Waals surface area (Å²) in [4.78, 5) is 0. The van der Waals surface area contributed by atoms with E-state index in [9.17, 15) is 0 Å². The van der Waals surface area contributed by atoms with E-state index < -0.39 is 0 Å². The fraction of sp³-hybridized carbons (Fsp3) is 0.483. The second-order valence-corrected chi connectivity index (χ2v) is 37.1. The first-order chi connectivity index (χ1) is 58.9. The zero-order valence-electron chi connectivity index (χ0n) is 76.0. The van der Waals surface area contributed by atoms with Gasteiger partial charge in [-0.1, -0.05) is 423 Å². The molecule has 9 aromatic carbocycles. The molecule has 1 aliphatic heterocycles. The molecule has 13 rings (SSSR count). The van der Waals surface area contributed by atoms with E-state index in [0.717, 1.165) is 22.4 Å². The predicted molar refractivity (Wildman–Crippen MR) is 515 cm³/mol. The quantitative estimate of drug-likeness (QED) is 0.0165. The molecule has 3 aliphatic carbocycles. The molecule has 0 fully saturated rings. The van der Waals surface area contributed by atoms with Gasteiger partial charge in [-0.25, -0.2) is 0 Å². The van der Waals surface area contributed by atoms with Crippen molar-refractivity contribution in [3.05, 3.63) is 262 Å². The molecule has 4 aliphatic rings. The highest BCUT2D eigenvalue weighted by Gasteiger charge is 2.47. The maximum atomic E-state index is 6.75. The van der Waals surface area contributed by atoms with Gasteiger partial charge in [-0.3, -0.25) is 0 Å². The second kappa shape index (κ2) is 44.5. The second-order valence-electron chi connectivity index (χ2n) is 37.1. The normalized spacial score (nSPS) is 14.5. The largest absolute Gasteiger partial charge is 0.502 e. The number of unbranched alkanes of at least 4 members (excludes halogenated alkanes) is 30. The molecule has 0 spiro atoms. The molecule has 0 saturated heterocycles. The average Bonchev–Trinajstić information content (AvgIpc) is 1.56. The Morgan fingerprint density at radius 1 is 0.292 bits per heavy atom. The van der Waals surface area contributed by atoms with E-state index in [1.165, 1.54) is 348 Å². The Bertz CT molecular complexity index is 4810. The minimum absolute atomic E-state index is 0.0281. The predicted octanol–water partition coefficient (Wildman–Crippen LogP) is 34.5. The highest BCUT2D eigenvalue weighted by Crippen LogP contribution is 2.60. The van der Waals surface area contributed by atoms with Crippen LogP contribution >= 0.6 is 0 Å². The van der Waals surface area contributed by atoms with Crippen molar-refractivity contribution < 1.29 is 18.8 Å². The van der Waals surface area contributed by atoms with Gasteiger partial charge in [0, 0.05) is 34.9 Å². The molecule has 0 bridgehead atoms. The van der Waals surface area contributed by atoms with E-state index in [1.54, 1.807) is 40.5 Å². The van der Waals surface area contributed by atoms with Gasteiger partial charge in [0.05, 0.1) is 13.3 Å². The average molecular weight is 1610 g/mol. The van der Waals surface area contributed by atoms with Crippen LogP contribution in [0.25, 0.3) is 72.5 Å². The zero-order chi connectivity index (χ0) is 83.5. The summed E-state index contributed by atoms with van der Waals surface area (Å²) in [5.41, 5.74) is 32.9. The Morgan fingerprint density at radius 2 is 0.558 bits per heavy atom. The number of hydrogen-bond donors (Lipinski definition) is 0. The number of aryl methyl sites for hydroxylation is 2. The van der Waals surface area contributed by atoms with E-state index in [0.29, 0.717) is 30.5 Å². The first kappa shape index (κ1) is 89.2. The number of methoxy groups -OCH3 is 1. The molecule has 0 unspecified atom stereocenters. The molecular weight excluding hydrogens is 1460 g/mol. The van der Waals surface area contributed by atoms with Crippen molar-refractivity contribution >= 4 is 12.0 Å². The third-order valence-electron chi connectivity index (χ3n) is 28.3. The molecule has 9 aromatic rings. The fourth-order valence-electron chi connectivity index (χ4n) is 21.4. The standard InChI is InChI=1S/C116H149NO3/c1-11-17-23-29-35-41-69-114(70-42-36-30-24-18-12-2)106-76-88(8)51-63-100(106)101-65-59-93(80-108(101)114)94-61-67-104-105-68-62-96(83-111(105)116(110(104)82-94,73-45-39-33-27-21-15-5)74-46-40-34-28-22-16-6)95-60-66-103-102-64-58-92(79-107(102)115(109(103)81-95,71-43-37-31-25-19-13-3)72-44-38-32-26-20-14-4)91-56-54-90(55-57-91)86-120-99-78-97(113(118-10)112-48-47-75-117(112)9)77-98(84-99)119-85-89-52-49-87(7)50-53-89/h47-68,75-84H,9,11-46,69-74,85-86H2,1-8,10H3/b113-112-. The van der Waals surface area contributed by atoms with Gasteiger partial charge in [0.15, 0.2) is 0 Å². The molecule has 4 heteroatoms. The summed E-state index contributed by atoms with van der Waals surface area (Å²) in [6.07, 6.45) is 60.2. The van der Waals surface area contributed by atoms with Crippen LogP contribution < -0.4 is 9.47 Å². The van der Waals surface area contributed by atoms with Crippen molar-refractivity contribution in [3.8, 4) is 78.3 Å². The Kier molecular flexibility index (Phi) is 33.0. The molecule has 0 radical (unpaired) electrons. The highest BCUT2D eigenvalue weighted by atomic mass is 16.5. The van der Waals surface area contributed by atoms with Gasteiger partial charge in [-0.2, -0.15) is 0 Å². The van der Waals surface area contributed by atoms with Crippen LogP contribution in [0.5, 0.6) is 11.5 Å². The fourth-order valence-corrected chi connectivity index (χ4v) is 21.4. The third kappa shape index (κ3) is 21.3. The lowest BCUT2D eigenvalue weighted by Gasteiger charge is -2.34. The molecule has 1 heterocycles. The SMILES string of the molecule is [CH2-][N+]1=CC=C/C1=C(/OC)c1cc(OCc2ccc(C)cc2)cc(OCc2ccc(-c3ccc4c(c3)C(CCCCCCCC)(CCCCCCCC)c3cc(-c5ccc6c(c5)C(CCCCCCCC)(CCCCCCCC)c5cc(-c7ccc8c(c7)C(CCCCCCCC)(CCCCCCCC)c7cc(C)ccc7-8)ccc5-6)ccc3-4)cc2)c1. The molecule has 4 nitrogen and oxygen atoms in total. The lowest BCUT2D eigenvalue weighted by Crippen LogP contribution is -2.26. The van der Waals surface area contributed by atoms with Gasteiger partial charge in [0.25, 0.3) is 0 Å². The van der Waals surface area contributed by atoms with Crippen molar-refractivity contribution in [2.24, 2.45) is 0 Å². The summed E-state index contributed by atoms with van der Waals surface area (Å²) in [7, 11) is 5.95. The van der Waals surface area contributed by atoms with Crippen LogP contribution in [-0.2, 0) is 34.2 Å². The minimum Gasteiger partial charge on any atom is -0.502 e. The highest BCUT2D eigenvalue weighted by molar-refractivity contribution is 5.91. The Labute approximate surface area is 728 Å². The van der Waals surface area contributed by atoms with Crippen LogP contribution in [0.3, 0.4) is 0 Å². The summed E-state index contributed by atoms with van der Waals surface area (Å²) in [5, 5.41) is 0. The first-order valence-corrected chi connectivity index (χ1v) is 48.7. The first-order valence-electron chi connectivity index (χ1n) is 48.7. The smallest absolute Gasteiger partial charge is 0.146 e. The number of fused-ring (bicyclic) bond motifs is 9. The third-order valence-corrected chi connectivity index (χ3v) is 28.3. The summed E-state index contributed by atoms with van der Waals surface area (Å²) in [6.45, 7) is 19.5. The van der Waals surface area contributed by atoms with Gasteiger partial charge in [-0.15, -0.1) is 0 Å². The van der Waals surface area contributed by atoms with E-state index in [1.807, 2.05) is 35.1 Å². The van der Waals surface area contributed by atoms with E-state index in [-0.39, 0.29) is 16.2 Å². The molecule has 0 saturated carbocycles. The van der Waals surface area contributed by atoms with Crippen molar-refractivity contribution in [2.45, 2.75) is 355 Å². The van der Waals surface area contributed by atoms with Crippen LogP contribution in [0.1, 0.15) is 372 Å². The lowest BCUT2D eigenvalue weighted by molar-refractivity contribution is -0.393. The van der Waals surface area contributed by atoms with Crippen LogP contribution in [0.4, 0.5) is 0 Å². The number of hydrogen-bond acceptors (Lipinski definition) is 3. The van der Waals surface area contributed by atoms with Crippen molar-refractivity contribution in [3.63, 3.8) is 0 Å². The van der Waals surface area contributed by atoms with Crippen molar-refractivity contribution in [2.75, 3.05) is 7.11 Å². The van der Waals surface area contributed by atoms with Crippen molar-refractivity contribution in [1.29, 1.82) is 0 Å². The van der Waals surface area contributed by atoms with Crippen LogP contribution in [-0.4, -0.2) is 17.9 Å². The number of rotatable bonds is 53. The van der Waals surface area contributed by atoms with Gasteiger partial charge in [0.2, 0.25) is 0 Å². The summed E-state index contributed by atoms with van der Waals surface area (Å²) < 4.78 is 21.2. The Balaban J connectivity index is 0.862. The summed E-state index contributed by atoms with van der Waals surface area (Å²) in [6, 6.07) is 70.4. The van der Waals surface area contributed by atoms with E-state index in [2.05, 4.69) is 226 Å². The summed E-state index contributed by atoms with van der Waals surface area (Å²) >= 11 is 0. The van der Waals surface area contributed by atoms with Crippen LogP contribution in [0, 0.1) is 20.9 Å². The molecule has 0 aromatic heterocycles. The molecule has 0 amide bonds. The number of ether oxygens (including phenoxy) is 3. The summed E-state index contributed by atoms with van der Waals surface area (Å²) in [5.74, 6) is 2.13. The van der Waals surface area contributed by atoms with E-state index >= 15 is 0 Å². The van der Waals surface area contributed by atoms with Gasteiger partial charge in [0.1, 0.15) is 36.2 Å². The van der Waals surface area contributed by atoms with E-state index in [4.69, 9.17) is 14.2 Å². The number of allylic oxidation sites excluding steroid dienone is 2. The topological polar surface area (TPSA) is 30.7 Å². The monoisotopic (exact) mass is 1600 g/mol. The lowest BCUT2D eigenvalue weighted by atomic mass is 9.69. The van der Waals surface area contributed by atoms with Crippen molar-refractivity contribution in [1.82, 2.24) is 0 Å². The van der Waals surface area contributed by atoms with Gasteiger partial charge < -0.3 is 18.8 Å². The van der Waals surface area contributed by atoms with Gasteiger partial charge in [-0.05, 0) is 206 Å².